The molecule has 1 unspecified atom stereocenters. The van der Waals surface area contributed by atoms with E-state index in [1.54, 1.807) is 6.07 Å². The van der Waals surface area contributed by atoms with Crippen LogP contribution in [0.25, 0.3) is 0 Å². The van der Waals surface area contributed by atoms with E-state index < -0.39 is 0 Å². The number of piperidine rings is 1. The molecule has 0 amide bonds. The predicted octanol–water partition coefficient (Wildman–Crippen LogP) is 3.93. The van der Waals surface area contributed by atoms with Crippen molar-refractivity contribution in [2.75, 3.05) is 26.2 Å². The Labute approximate surface area is 140 Å². The number of hydrogen-bond donors (Lipinski definition) is 1. The number of likely N-dealkylation sites (tertiary alicyclic amines) is 1. The van der Waals surface area contributed by atoms with Gasteiger partial charge in [-0.3, -0.25) is 4.90 Å². The molecule has 0 bridgehead atoms. The summed E-state index contributed by atoms with van der Waals surface area (Å²) >= 11 is 12.4. The molecule has 2 aliphatic heterocycles. The average molecular weight is 341 g/mol. The van der Waals surface area contributed by atoms with Gasteiger partial charge in [0.2, 0.25) is 5.82 Å². The topological polar surface area (TPSA) is 54.0 Å². The van der Waals surface area contributed by atoms with Crippen molar-refractivity contribution in [2.24, 2.45) is 16.1 Å². The fourth-order valence-electron chi connectivity index (χ4n) is 3.02. The lowest BCUT2D eigenvalue weighted by molar-refractivity contribution is 0.205. The van der Waals surface area contributed by atoms with Gasteiger partial charge < -0.3 is 5.73 Å². The van der Waals surface area contributed by atoms with E-state index >= 15 is 0 Å². The molecule has 118 valence electrons. The molecule has 0 aromatic heterocycles. The molecule has 3 rings (SSSR count). The Bertz CT molecular complexity index is 610. The van der Waals surface area contributed by atoms with Crippen LogP contribution >= 0.6 is 23.2 Å². The minimum atomic E-state index is 0.207. The number of hydrogen-bond acceptors (Lipinski definition) is 4. The lowest BCUT2D eigenvalue weighted by Crippen LogP contribution is -2.44. The van der Waals surface area contributed by atoms with Gasteiger partial charge in [0.25, 0.3) is 0 Å². The molecular weight excluding hydrogens is 321 g/mol. The van der Waals surface area contributed by atoms with E-state index in [0.29, 0.717) is 15.9 Å². The van der Waals surface area contributed by atoms with Gasteiger partial charge in [-0.25, -0.2) is 0 Å². The fraction of sp³-hybridized carbons (Fsp3) is 0.467. The highest BCUT2D eigenvalue weighted by Gasteiger charge is 2.37. The van der Waals surface area contributed by atoms with E-state index in [2.05, 4.69) is 15.2 Å². The smallest absolute Gasteiger partial charge is 0.208 e. The quantitative estimate of drug-likeness (QED) is 0.844. The second-order valence-electron chi connectivity index (χ2n) is 5.79. The van der Waals surface area contributed by atoms with Gasteiger partial charge in [0.15, 0.2) is 11.9 Å². The van der Waals surface area contributed by atoms with E-state index in [9.17, 15) is 0 Å². The molecule has 2 N–H and O–H groups in total. The van der Waals surface area contributed by atoms with Gasteiger partial charge in [0, 0.05) is 16.3 Å². The molecule has 2 heterocycles. The van der Waals surface area contributed by atoms with Crippen LogP contribution in [0.3, 0.4) is 0 Å². The molecule has 7 heteroatoms. The molecule has 5 nitrogen and oxygen atoms in total. The highest BCUT2D eigenvalue weighted by Crippen LogP contribution is 2.37. The number of rotatable bonds is 4. The zero-order chi connectivity index (χ0) is 15.6. The summed E-state index contributed by atoms with van der Waals surface area (Å²) in [5.41, 5.74) is 6.69. The van der Waals surface area contributed by atoms with Crippen LogP contribution in [-0.4, -0.2) is 31.1 Å². The van der Waals surface area contributed by atoms with Gasteiger partial charge in [0.1, 0.15) is 11.6 Å². The van der Waals surface area contributed by atoms with Gasteiger partial charge in [-0.2, -0.15) is 0 Å². The van der Waals surface area contributed by atoms with Crippen LogP contribution in [0, 0.1) is 0 Å². The number of quaternary nitrogens is 1. The summed E-state index contributed by atoms with van der Waals surface area (Å²) in [5.74, 6) is 0.421. The summed E-state index contributed by atoms with van der Waals surface area (Å²) in [6.45, 7) is 3.97. The SMILES string of the molecule is NC1=C[N+](CCN2CCCCC2)(c2ccc(Cl)cc2Cl)N=N1. The van der Waals surface area contributed by atoms with Crippen molar-refractivity contribution in [3.8, 4) is 0 Å². The van der Waals surface area contributed by atoms with E-state index in [0.717, 1.165) is 31.9 Å². The molecule has 2 aliphatic rings. The summed E-state index contributed by atoms with van der Waals surface area (Å²) in [6.07, 6.45) is 5.70. The number of nitrogens with zero attached hydrogens (tertiary/aromatic N) is 4. The molecule has 1 aromatic rings. The molecule has 1 saturated heterocycles. The van der Waals surface area contributed by atoms with Gasteiger partial charge >= 0.3 is 0 Å². The summed E-state index contributed by atoms with van der Waals surface area (Å²) in [4.78, 5) is 2.46. The Balaban J connectivity index is 1.84. The number of nitrogens with two attached hydrogens (primary N) is 1. The molecule has 1 fully saturated rings. The lowest BCUT2D eigenvalue weighted by atomic mass is 10.1. The maximum absolute atomic E-state index is 6.38. The van der Waals surface area contributed by atoms with Crippen molar-refractivity contribution in [1.29, 1.82) is 0 Å². The van der Waals surface area contributed by atoms with Crippen molar-refractivity contribution >= 4 is 28.9 Å². The Morgan fingerprint density at radius 1 is 1.18 bits per heavy atom. The largest absolute Gasteiger partial charge is 0.378 e. The third-order valence-corrected chi connectivity index (χ3v) is 4.74. The normalized spacial score (nSPS) is 25.5. The van der Waals surface area contributed by atoms with E-state index in [1.807, 2.05) is 18.3 Å². The van der Waals surface area contributed by atoms with Crippen LogP contribution in [-0.2, 0) is 0 Å². The first kappa shape index (κ1) is 15.7. The summed E-state index contributed by atoms with van der Waals surface area (Å²) < 4.78 is 0.207. The molecule has 0 spiro atoms. The Morgan fingerprint density at radius 3 is 2.59 bits per heavy atom. The minimum Gasteiger partial charge on any atom is -0.378 e. The van der Waals surface area contributed by atoms with Gasteiger partial charge in [0.05, 0.1) is 6.54 Å². The Hall–Kier alpha value is -1.14. The molecule has 0 radical (unpaired) electrons. The highest BCUT2D eigenvalue weighted by molar-refractivity contribution is 6.36. The molecule has 0 saturated carbocycles. The van der Waals surface area contributed by atoms with Crippen molar-refractivity contribution < 1.29 is 0 Å². The van der Waals surface area contributed by atoms with Crippen LogP contribution in [0.15, 0.2) is 40.6 Å². The van der Waals surface area contributed by atoms with E-state index in [4.69, 9.17) is 28.9 Å². The maximum atomic E-state index is 6.38. The van der Waals surface area contributed by atoms with Crippen LogP contribution in [0.1, 0.15) is 19.3 Å². The Morgan fingerprint density at radius 2 is 1.95 bits per heavy atom. The maximum Gasteiger partial charge on any atom is 0.208 e. The third kappa shape index (κ3) is 3.27. The Kier molecular flexibility index (Phi) is 4.68. The number of benzene rings is 1. The van der Waals surface area contributed by atoms with Crippen molar-refractivity contribution in [1.82, 2.24) is 9.49 Å². The first-order chi connectivity index (χ1) is 10.6. The number of halogens is 2. The van der Waals surface area contributed by atoms with Gasteiger partial charge in [-0.05, 0) is 38.1 Å². The molecule has 1 atom stereocenters. The van der Waals surface area contributed by atoms with Crippen LogP contribution in [0.4, 0.5) is 5.69 Å². The predicted molar refractivity (Wildman–Crippen MR) is 90.5 cm³/mol. The summed E-state index contributed by atoms with van der Waals surface area (Å²) in [6, 6.07) is 5.45. The first-order valence-corrected chi connectivity index (χ1v) is 8.32. The summed E-state index contributed by atoms with van der Waals surface area (Å²) in [5, 5.41) is 9.59. The van der Waals surface area contributed by atoms with Crippen LogP contribution in [0.5, 0.6) is 0 Å². The standard InChI is InChI=1S/C15H20Cl2N5/c16-12-4-5-14(13(17)10-12)22(11-15(18)19-20-22)9-8-21-6-2-1-3-7-21/h4-5,10-11H,1-3,6-9,18H2/q+1. The minimum absolute atomic E-state index is 0.207. The fourth-order valence-corrected chi connectivity index (χ4v) is 3.58. The van der Waals surface area contributed by atoms with Gasteiger partial charge in [-0.1, -0.05) is 34.7 Å². The average Bonchev–Trinajstić information content (AvgIpc) is 2.88. The van der Waals surface area contributed by atoms with Crippen molar-refractivity contribution in [3.05, 3.63) is 40.3 Å². The van der Waals surface area contributed by atoms with Crippen LogP contribution < -0.4 is 10.3 Å². The van der Waals surface area contributed by atoms with E-state index in [-0.39, 0.29) is 4.59 Å². The monoisotopic (exact) mass is 340 g/mol. The molecule has 0 aliphatic carbocycles. The van der Waals surface area contributed by atoms with Crippen LogP contribution in [0.2, 0.25) is 10.0 Å². The van der Waals surface area contributed by atoms with Gasteiger partial charge in [-0.15, -0.1) is 4.59 Å². The first-order valence-electron chi connectivity index (χ1n) is 7.56. The van der Waals surface area contributed by atoms with E-state index in [1.165, 1.54) is 19.3 Å². The summed E-state index contributed by atoms with van der Waals surface area (Å²) in [7, 11) is 0. The molecular formula is C15H20Cl2N5+. The second-order valence-corrected chi connectivity index (χ2v) is 6.64. The third-order valence-electron chi connectivity index (χ3n) is 4.20. The second kappa shape index (κ2) is 6.54. The molecule has 22 heavy (non-hydrogen) atoms. The lowest BCUT2D eigenvalue weighted by Gasteiger charge is -2.30. The zero-order valence-corrected chi connectivity index (χ0v) is 13.9. The highest BCUT2D eigenvalue weighted by atomic mass is 35.5. The van der Waals surface area contributed by atoms with Crippen molar-refractivity contribution in [3.63, 3.8) is 0 Å². The van der Waals surface area contributed by atoms with Crippen molar-refractivity contribution in [2.45, 2.75) is 19.3 Å². The molecule has 1 aromatic carbocycles. The zero-order valence-electron chi connectivity index (χ0n) is 12.4.